The zero-order chi connectivity index (χ0) is 11.8. The van der Waals surface area contributed by atoms with Crippen molar-refractivity contribution in [3.05, 3.63) is 19.8 Å². The minimum absolute atomic E-state index is 0.534. The first-order chi connectivity index (χ1) is 6.73. The lowest BCUT2D eigenvalue weighted by molar-refractivity contribution is 0.572. The molecule has 0 saturated heterocycles. The van der Waals surface area contributed by atoms with Gasteiger partial charge in [0.1, 0.15) is 4.34 Å². The summed E-state index contributed by atoms with van der Waals surface area (Å²) >= 11 is 10.4. The van der Waals surface area contributed by atoms with Gasteiger partial charge in [0.2, 0.25) is 0 Å². The van der Waals surface area contributed by atoms with E-state index >= 15 is 0 Å². The van der Waals surface area contributed by atoms with Gasteiger partial charge in [-0.2, -0.15) is 0 Å². The van der Waals surface area contributed by atoms with Gasteiger partial charge in [0.15, 0.2) is 9.84 Å². The topological polar surface area (TPSA) is 60.2 Å². The van der Waals surface area contributed by atoms with Crippen molar-refractivity contribution in [2.75, 3.05) is 6.26 Å². The number of thiophene rings is 1. The molecule has 0 aliphatic rings. The average Bonchev–Trinajstić information content (AvgIpc) is 2.43. The van der Waals surface area contributed by atoms with E-state index in [1.165, 1.54) is 17.6 Å². The Morgan fingerprint density at radius 3 is 2.47 bits per heavy atom. The van der Waals surface area contributed by atoms with Crippen LogP contribution in [-0.2, 0) is 9.84 Å². The van der Waals surface area contributed by atoms with Crippen LogP contribution in [-0.4, -0.2) is 19.9 Å². The lowest BCUT2D eigenvalue weighted by Crippen LogP contribution is -2.29. The molecule has 0 saturated carbocycles. The fourth-order valence-electron chi connectivity index (χ4n) is 1.03. The van der Waals surface area contributed by atoms with Crippen LogP contribution in [0, 0.1) is 0 Å². The molecule has 2 N–H and O–H groups in total. The Hall–Kier alpha value is 0.380. The Bertz CT molecular complexity index is 438. The van der Waals surface area contributed by atoms with Crippen molar-refractivity contribution in [1.29, 1.82) is 0 Å². The van der Waals surface area contributed by atoms with Crippen molar-refractivity contribution in [2.24, 2.45) is 5.73 Å². The van der Waals surface area contributed by atoms with E-state index in [0.717, 1.165) is 9.35 Å². The highest BCUT2D eigenvalue weighted by Crippen LogP contribution is 2.36. The number of halogens is 2. The molecule has 86 valence electrons. The zero-order valence-corrected chi connectivity index (χ0v) is 12.2. The SMILES string of the molecule is CC(C(N)c1cc(Br)c(Cl)s1)S(C)(=O)=O. The van der Waals surface area contributed by atoms with Crippen LogP contribution in [0.4, 0.5) is 0 Å². The lowest BCUT2D eigenvalue weighted by atomic mass is 10.2. The number of hydrogen-bond acceptors (Lipinski definition) is 4. The maximum absolute atomic E-state index is 11.3. The molecule has 0 radical (unpaired) electrons. The number of hydrogen-bond donors (Lipinski definition) is 1. The number of nitrogens with two attached hydrogens (primary N) is 1. The first-order valence-electron chi connectivity index (χ1n) is 4.12. The highest BCUT2D eigenvalue weighted by atomic mass is 79.9. The molecular weight excluding hydrogens is 322 g/mol. The van der Waals surface area contributed by atoms with Gasteiger partial charge in [-0.3, -0.25) is 0 Å². The second-order valence-electron chi connectivity index (χ2n) is 3.33. The van der Waals surface area contributed by atoms with Crippen molar-refractivity contribution < 1.29 is 8.42 Å². The monoisotopic (exact) mass is 331 g/mol. The minimum Gasteiger partial charge on any atom is -0.322 e. The summed E-state index contributed by atoms with van der Waals surface area (Å²) in [7, 11) is -3.13. The van der Waals surface area contributed by atoms with Gasteiger partial charge in [-0.05, 0) is 28.9 Å². The largest absolute Gasteiger partial charge is 0.322 e. The molecular formula is C8H11BrClNO2S2. The summed E-state index contributed by atoms with van der Waals surface area (Å²) in [5.41, 5.74) is 5.86. The van der Waals surface area contributed by atoms with Crippen LogP contribution in [0.3, 0.4) is 0 Å². The third-order valence-electron chi connectivity index (χ3n) is 2.17. The smallest absolute Gasteiger partial charge is 0.151 e. The van der Waals surface area contributed by atoms with E-state index in [9.17, 15) is 8.42 Å². The van der Waals surface area contributed by atoms with E-state index in [4.69, 9.17) is 17.3 Å². The van der Waals surface area contributed by atoms with Crippen LogP contribution in [0.1, 0.15) is 17.8 Å². The lowest BCUT2D eigenvalue weighted by Gasteiger charge is -2.16. The van der Waals surface area contributed by atoms with E-state index < -0.39 is 21.1 Å². The number of sulfone groups is 1. The highest BCUT2D eigenvalue weighted by molar-refractivity contribution is 9.10. The molecule has 0 aliphatic heterocycles. The molecule has 1 heterocycles. The summed E-state index contributed by atoms with van der Waals surface area (Å²) in [6.45, 7) is 1.60. The van der Waals surface area contributed by atoms with Gasteiger partial charge in [0.25, 0.3) is 0 Å². The second kappa shape index (κ2) is 4.71. The van der Waals surface area contributed by atoms with E-state index in [1.54, 1.807) is 13.0 Å². The van der Waals surface area contributed by atoms with Gasteiger partial charge in [0, 0.05) is 15.6 Å². The zero-order valence-electron chi connectivity index (χ0n) is 8.20. The van der Waals surface area contributed by atoms with Gasteiger partial charge in [-0.1, -0.05) is 11.6 Å². The summed E-state index contributed by atoms with van der Waals surface area (Å²) in [5.74, 6) is 0. The fraction of sp³-hybridized carbons (Fsp3) is 0.500. The molecule has 1 rings (SSSR count). The third-order valence-corrected chi connectivity index (χ3v) is 6.39. The van der Waals surface area contributed by atoms with E-state index in [-0.39, 0.29) is 0 Å². The van der Waals surface area contributed by atoms with Gasteiger partial charge in [0.05, 0.1) is 11.3 Å². The molecule has 1 aromatic rings. The van der Waals surface area contributed by atoms with E-state index in [1.807, 2.05) is 0 Å². The molecule has 3 nitrogen and oxygen atoms in total. The normalized spacial score (nSPS) is 16.3. The Morgan fingerprint density at radius 1 is 1.60 bits per heavy atom. The van der Waals surface area contributed by atoms with Crippen LogP contribution in [0.2, 0.25) is 4.34 Å². The van der Waals surface area contributed by atoms with Crippen molar-refractivity contribution in [3.63, 3.8) is 0 Å². The quantitative estimate of drug-likeness (QED) is 0.925. The van der Waals surface area contributed by atoms with E-state index in [2.05, 4.69) is 15.9 Å². The Kier molecular flexibility index (Phi) is 4.22. The van der Waals surface area contributed by atoms with Gasteiger partial charge < -0.3 is 5.73 Å². The van der Waals surface area contributed by atoms with Crippen LogP contribution in [0.25, 0.3) is 0 Å². The predicted octanol–water partition coefficient (Wildman–Crippen LogP) is 2.60. The molecule has 15 heavy (non-hydrogen) atoms. The fourth-order valence-corrected chi connectivity index (χ4v) is 3.63. The molecule has 0 bridgehead atoms. The van der Waals surface area contributed by atoms with Crippen molar-refractivity contribution in [1.82, 2.24) is 0 Å². The van der Waals surface area contributed by atoms with Crippen LogP contribution < -0.4 is 5.73 Å². The molecule has 2 unspecified atom stereocenters. The minimum atomic E-state index is -3.13. The average molecular weight is 333 g/mol. The first kappa shape index (κ1) is 13.4. The summed E-state index contributed by atoms with van der Waals surface area (Å²) in [5, 5.41) is -0.612. The summed E-state index contributed by atoms with van der Waals surface area (Å²) < 4.78 is 24.0. The van der Waals surface area contributed by atoms with Crippen molar-refractivity contribution in [3.8, 4) is 0 Å². The van der Waals surface area contributed by atoms with Crippen LogP contribution in [0.15, 0.2) is 10.5 Å². The molecule has 7 heteroatoms. The predicted molar refractivity (Wildman–Crippen MR) is 68.3 cm³/mol. The van der Waals surface area contributed by atoms with Crippen LogP contribution >= 0.6 is 38.9 Å². The maximum atomic E-state index is 11.3. The van der Waals surface area contributed by atoms with Crippen LogP contribution in [0.5, 0.6) is 0 Å². The standard InChI is InChI=1S/C8H11BrClNO2S2/c1-4(15(2,12)13)7(11)6-3-5(9)8(10)14-6/h3-4,7H,11H2,1-2H3. The second-order valence-corrected chi connectivity index (χ2v) is 8.27. The Labute approximate surface area is 107 Å². The summed E-state index contributed by atoms with van der Waals surface area (Å²) in [6.07, 6.45) is 1.18. The highest BCUT2D eigenvalue weighted by Gasteiger charge is 2.25. The molecule has 2 atom stereocenters. The van der Waals surface area contributed by atoms with Gasteiger partial charge in [-0.25, -0.2) is 8.42 Å². The first-order valence-corrected chi connectivity index (χ1v) is 8.07. The van der Waals surface area contributed by atoms with Gasteiger partial charge >= 0.3 is 0 Å². The Balaban J connectivity index is 3.00. The molecule has 1 aromatic heterocycles. The van der Waals surface area contributed by atoms with Crippen molar-refractivity contribution in [2.45, 2.75) is 18.2 Å². The summed E-state index contributed by atoms with van der Waals surface area (Å²) in [6, 6.07) is 1.23. The maximum Gasteiger partial charge on any atom is 0.151 e. The van der Waals surface area contributed by atoms with Crippen molar-refractivity contribution >= 4 is 48.7 Å². The molecule has 0 aliphatic carbocycles. The van der Waals surface area contributed by atoms with E-state index in [0.29, 0.717) is 4.34 Å². The Morgan fingerprint density at radius 2 is 2.13 bits per heavy atom. The van der Waals surface area contributed by atoms with Gasteiger partial charge in [-0.15, -0.1) is 11.3 Å². The molecule has 0 fully saturated rings. The molecule has 0 spiro atoms. The summed E-state index contributed by atoms with van der Waals surface area (Å²) in [4.78, 5) is 0.768. The molecule has 0 aromatic carbocycles. The number of rotatable bonds is 3. The third kappa shape index (κ3) is 3.17. The molecule has 0 amide bonds.